The van der Waals surface area contributed by atoms with E-state index in [1.807, 2.05) is 0 Å². The number of carboxylic acids is 1. The Bertz CT molecular complexity index is 256. The SMILES string of the molecule is CCCCCCCCCCCCCCCCNC(C)C(=O)O.[H-].[K+]. The van der Waals surface area contributed by atoms with Crippen LogP contribution >= 0.6 is 0 Å². The Balaban J connectivity index is -0.00000220. The topological polar surface area (TPSA) is 49.3 Å². The summed E-state index contributed by atoms with van der Waals surface area (Å²) >= 11 is 0. The average Bonchev–Trinajstić information content (AvgIpc) is 2.50. The van der Waals surface area contributed by atoms with Crippen LogP contribution in [0.2, 0.25) is 0 Å². The summed E-state index contributed by atoms with van der Waals surface area (Å²) in [4.78, 5) is 10.6. The zero-order chi connectivity index (χ0) is 16.5. The second-order valence-corrected chi connectivity index (χ2v) is 6.61. The Labute approximate surface area is 188 Å². The summed E-state index contributed by atoms with van der Waals surface area (Å²) in [6, 6.07) is -0.415. The van der Waals surface area contributed by atoms with Crippen LogP contribution in [-0.4, -0.2) is 23.7 Å². The van der Waals surface area contributed by atoms with E-state index in [1.54, 1.807) is 6.92 Å². The molecule has 0 radical (unpaired) electrons. The number of carbonyl (C=O) groups is 1. The van der Waals surface area contributed by atoms with Crippen LogP contribution in [0.15, 0.2) is 0 Å². The van der Waals surface area contributed by atoms with Crippen molar-refractivity contribution in [1.29, 1.82) is 0 Å². The van der Waals surface area contributed by atoms with Gasteiger partial charge in [0.15, 0.2) is 0 Å². The van der Waals surface area contributed by atoms with Crippen molar-refractivity contribution >= 4 is 5.97 Å². The van der Waals surface area contributed by atoms with E-state index in [0.717, 1.165) is 13.0 Å². The van der Waals surface area contributed by atoms with Crippen LogP contribution in [0.1, 0.15) is 105 Å². The summed E-state index contributed by atoms with van der Waals surface area (Å²) in [5.74, 6) is -0.759. The molecule has 0 bridgehead atoms. The third-order valence-electron chi connectivity index (χ3n) is 4.35. The van der Waals surface area contributed by atoms with Crippen molar-refractivity contribution < 1.29 is 62.7 Å². The number of aliphatic carboxylic acids is 1. The summed E-state index contributed by atoms with van der Waals surface area (Å²) in [5.41, 5.74) is 0. The molecule has 0 rings (SSSR count). The zero-order valence-corrected chi connectivity index (χ0v) is 19.2. The number of carboxylic acid groups (broad SMARTS) is 1. The third-order valence-corrected chi connectivity index (χ3v) is 4.35. The molecule has 1 unspecified atom stereocenters. The maximum absolute atomic E-state index is 10.6. The first-order valence-corrected chi connectivity index (χ1v) is 9.64. The molecule has 0 amide bonds. The standard InChI is InChI=1S/C19H39NO2.K.H/c1-3-4-5-6-7-8-9-10-11-12-13-14-15-16-17-20-18(2)19(21)22;;/h18,20H,3-17H2,1-2H3,(H,21,22);;/q;+1;-1. The minimum absolute atomic E-state index is 0. The van der Waals surface area contributed by atoms with Gasteiger partial charge in [-0.15, -0.1) is 0 Å². The van der Waals surface area contributed by atoms with Gasteiger partial charge in [-0.05, 0) is 19.9 Å². The van der Waals surface area contributed by atoms with E-state index >= 15 is 0 Å². The summed E-state index contributed by atoms with van der Waals surface area (Å²) in [7, 11) is 0. The van der Waals surface area contributed by atoms with E-state index in [1.165, 1.54) is 83.5 Å². The van der Waals surface area contributed by atoms with E-state index < -0.39 is 12.0 Å². The Morgan fingerprint density at radius 1 is 0.826 bits per heavy atom. The monoisotopic (exact) mass is 353 g/mol. The molecule has 0 heterocycles. The van der Waals surface area contributed by atoms with Crippen molar-refractivity contribution in [3.63, 3.8) is 0 Å². The molecule has 2 N–H and O–H groups in total. The molecule has 0 aliphatic heterocycles. The van der Waals surface area contributed by atoms with E-state index in [9.17, 15) is 4.79 Å². The number of hydrogen-bond donors (Lipinski definition) is 2. The summed E-state index contributed by atoms with van der Waals surface area (Å²) in [6.45, 7) is 4.80. The molecule has 0 aliphatic rings. The summed E-state index contributed by atoms with van der Waals surface area (Å²) < 4.78 is 0. The fraction of sp³-hybridized carbons (Fsp3) is 0.947. The minimum Gasteiger partial charge on any atom is -1.00 e. The van der Waals surface area contributed by atoms with Crippen molar-refractivity contribution in [3.05, 3.63) is 0 Å². The molecule has 0 aliphatic carbocycles. The van der Waals surface area contributed by atoms with Gasteiger partial charge in [-0.3, -0.25) is 4.79 Å². The average molecular weight is 354 g/mol. The predicted molar refractivity (Wildman–Crippen MR) is 96.5 cm³/mol. The summed E-state index contributed by atoms with van der Waals surface area (Å²) in [6.07, 6.45) is 19.0. The molecule has 0 fully saturated rings. The maximum Gasteiger partial charge on any atom is 1.00 e. The molecule has 0 aromatic heterocycles. The van der Waals surface area contributed by atoms with Crippen LogP contribution in [0.5, 0.6) is 0 Å². The van der Waals surface area contributed by atoms with E-state index in [-0.39, 0.29) is 52.8 Å². The molecule has 0 spiro atoms. The van der Waals surface area contributed by atoms with Crippen LogP contribution in [0.25, 0.3) is 0 Å². The molecular formula is C19H40KNO2. The van der Waals surface area contributed by atoms with Crippen molar-refractivity contribution in [3.8, 4) is 0 Å². The normalized spacial score (nSPS) is 11.9. The van der Waals surface area contributed by atoms with E-state index in [2.05, 4.69) is 12.2 Å². The van der Waals surface area contributed by atoms with Gasteiger partial charge in [0.25, 0.3) is 0 Å². The Morgan fingerprint density at radius 3 is 1.52 bits per heavy atom. The van der Waals surface area contributed by atoms with Crippen molar-refractivity contribution in [2.45, 2.75) is 110 Å². The number of rotatable bonds is 17. The van der Waals surface area contributed by atoms with Gasteiger partial charge in [-0.1, -0.05) is 90.4 Å². The Kier molecular flexibility index (Phi) is 24.1. The Morgan fingerprint density at radius 2 is 1.17 bits per heavy atom. The third kappa shape index (κ3) is 21.0. The fourth-order valence-corrected chi connectivity index (χ4v) is 2.73. The van der Waals surface area contributed by atoms with Gasteiger partial charge in [0.05, 0.1) is 0 Å². The van der Waals surface area contributed by atoms with Gasteiger partial charge in [0, 0.05) is 0 Å². The Hall–Kier alpha value is 1.07. The predicted octanol–water partition coefficient (Wildman–Crippen LogP) is 2.65. The van der Waals surface area contributed by atoms with Crippen LogP contribution < -0.4 is 56.7 Å². The molecule has 3 nitrogen and oxygen atoms in total. The molecular weight excluding hydrogens is 313 g/mol. The minimum atomic E-state index is -0.759. The molecule has 23 heavy (non-hydrogen) atoms. The van der Waals surface area contributed by atoms with E-state index in [0.29, 0.717) is 0 Å². The molecule has 4 heteroatoms. The smallest absolute Gasteiger partial charge is 1.00 e. The number of unbranched alkanes of at least 4 members (excludes halogenated alkanes) is 13. The van der Waals surface area contributed by atoms with Crippen molar-refractivity contribution in [1.82, 2.24) is 5.32 Å². The molecule has 0 saturated carbocycles. The zero-order valence-electron chi connectivity index (χ0n) is 17.0. The maximum atomic E-state index is 10.6. The number of nitrogens with one attached hydrogen (secondary N) is 1. The first kappa shape index (κ1) is 26.3. The largest absolute Gasteiger partial charge is 1.00 e. The quantitative estimate of drug-likeness (QED) is 0.312. The number of hydrogen-bond acceptors (Lipinski definition) is 2. The first-order chi connectivity index (χ1) is 10.7. The van der Waals surface area contributed by atoms with Gasteiger partial charge >= 0.3 is 57.4 Å². The van der Waals surface area contributed by atoms with Crippen molar-refractivity contribution in [2.75, 3.05) is 6.54 Å². The van der Waals surface area contributed by atoms with Gasteiger partial charge < -0.3 is 11.8 Å². The second-order valence-electron chi connectivity index (χ2n) is 6.61. The van der Waals surface area contributed by atoms with Crippen molar-refractivity contribution in [2.24, 2.45) is 0 Å². The van der Waals surface area contributed by atoms with E-state index in [4.69, 9.17) is 5.11 Å². The van der Waals surface area contributed by atoms with Gasteiger partial charge in [0.2, 0.25) is 0 Å². The van der Waals surface area contributed by atoms with Crippen LogP contribution in [0.3, 0.4) is 0 Å². The molecule has 0 saturated heterocycles. The van der Waals surface area contributed by atoms with Crippen LogP contribution in [-0.2, 0) is 4.79 Å². The fourth-order valence-electron chi connectivity index (χ4n) is 2.73. The van der Waals surface area contributed by atoms with Crippen LogP contribution in [0.4, 0.5) is 0 Å². The summed E-state index contributed by atoms with van der Waals surface area (Å²) in [5, 5.41) is 11.8. The molecule has 0 aromatic rings. The molecule has 134 valence electrons. The van der Waals surface area contributed by atoms with Crippen LogP contribution in [0, 0.1) is 0 Å². The van der Waals surface area contributed by atoms with Gasteiger partial charge in [0.1, 0.15) is 6.04 Å². The second kappa shape index (κ2) is 21.1. The molecule has 0 aromatic carbocycles. The molecule has 1 atom stereocenters. The van der Waals surface area contributed by atoms with Gasteiger partial charge in [-0.25, -0.2) is 0 Å². The first-order valence-electron chi connectivity index (χ1n) is 9.64. The van der Waals surface area contributed by atoms with Gasteiger partial charge in [-0.2, -0.15) is 0 Å².